The summed E-state index contributed by atoms with van der Waals surface area (Å²) in [5.41, 5.74) is 1.16. The standard InChI is InChI=1S/C16H18O3/c1-10-4-6-11(7-5-10)15(19)14-12(17)8-16(2,3)9-13(14)18/h4-7,14H,8-9H2,1-3H3. The normalized spacial score (nSPS) is 19.5. The maximum absolute atomic E-state index is 12.3. The molecule has 0 unspecified atom stereocenters. The first kappa shape index (κ1) is 13.7. The Balaban J connectivity index is 2.26. The number of Topliss-reactive ketones (excluding diaryl/α,β-unsaturated/α-hetero) is 3. The topological polar surface area (TPSA) is 51.2 Å². The largest absolute Gasteiger partial charge is 0.298 e. The van der Waals surface area contributed by atoms with Crippen LogP contribution in [0.2, 0.25) is 0 Å². The molecule has 0 heterocycles. The summed E-state index contributed by atoms with van der Waals surface area (Å²) in [7, 11) is 0. The zero-order chi connectivity index (χ0) is 14.2. The zero-order valence-electron chi connectivity index (χ0n) is 11.5. The summed E-state index contributed by atoms with van der Waals surface area (Å²) in [5.74, 6) is -1.93. The summed E-state index contributed by atoms with van der Waals surface area (Å²) >= 11 is 0. The zero-order valence-corrected chi connectivity index (χ0v) is 11.5. The summed E-state index contributed by atoms with van der Waals surface area (Å²) in [6.45, 7) is 5.69. The number of aryl methyl sites for hydroxylation is 1. The summed E-state index contributed by atoms with van der Waals surface area (Å²) in [6.07, 6.45) is 0.585. The van der Waals surface area contributed by atoms with Crippen LogP contribution >= 0.6 is 0 Å². The van der Waals surface area contributed by atoms with Gasteiger partial charge in [-0.2, -0.15) is 0 Å². The van der Waals surface area contributed by atoms with Gasteiger partial charge in [0.05, 0.1) is 0 Å². The fraction of sp³-hybridized carbons (Fsp3) is 0.438. The number of rotatable bonds is 2. The van der Waals surface area contributed by atoms with Crippen molar-refractivity contribution in [2.75, 3.05) is 0 Å². The minimum atomic E-state index is -1.09. The highest BCUT2D eigenvalue weighted by Gasteiger charge is 2.43. The Morgan fingerprint density at radius 3 is 2.00 bits per heavy atom. The van der Waals surface area contributed by atoms with E-state index in [9.17, 15) is 14.4 Å². The second-order valence-corrected chi connectivity index (χ2v) is 6.11. The van der Waals surface area contributed by atoms with Gasteiger partial charge in [-0.3, -0.25) is 14.4 Å². The highest BCUT2D eigenvalue weighted by molar-refractivity contribution is 6.25. The van der Waals surface area contributed by atoms with Crippen LogP contribution in [0.4, 0.5) is 0 Å². The molecular weight excluding hydrogens is 240 g/mol. The molecule has 0 amide bonds. The summed E-state index contributed by atoms with van der Waals surface area (Å²) in [5, 5.41) is 0. The molecule has 0 aliphatic heterocycles. The van der Waals surface area contributed by atoms with Crippen molar-refractivity contribution < 1.29 is 14.4 Å². The smallest absolute Gasteiger partial charge is 0.180 e. The highest BCUT2D eigenvalue weighted by atomic mass is 16.2. The molecule has 1 aliphatic carbocycles. The summed E-state index contributed by atoms with van der Waals surface area (Å²) < 4.78 is 0. The van der Waals surface area contributed by atoms with Crippen LogP contribution in [0.3, 0.4) is 0 Å². The first-order valence-electron chi connectivity index (χ1n) is 6.46. The van der Waals surface area contributed by atoms with E-state index in [0.717, 1.165) is 5.56 Å². The minimum absolute atomic E-state index is 0.244. The van der Waals surface area contributed by atoms with E-state index in [1.807, 2.05) is 32.9 Å². The van der Waals surface area contributed by atoms with Gasteiger partial charge in [0.1, 0.15) is 5.92 Å². The molecule has 19 heavy (non-hydrogen) atoms. The molecule has 1 aromatic carbocycles. The first-order valence-corrected chi connectivity index (χ1v) is 6.46. The molecule has 1 aromatic rings. The van der Waals surface area contributed by atoms with Gasteiger partial charge in [-0.05, 0) is 12.3 Å². The van der Waals surface area contributed by atoms with Gasteiger partial charge in [-0.25, -0.2) is 0 Å². The molecule has 3 nitrogen and oxygen atoms in total. The molecule has 3 heteroatoms. The Morgan fingerprint density at radius 1 is 1.05 bits per heavy atom. The minimum Gasteiger partial charge on any atom is -0.298 e. The maximum atomic E-state index is 12.3. The van der Waals surface area contributed by atoms with Gasteiger partial charge >= 0.3 is 0 Å². The van der Waals surface area contributed by atoms with Crippen LogP contribution in [0, 0.1) is 18.3 Å². The van der Waals surface area contributed by atoms with Crippen molar-refractivity contribution in [2.24, 2.45) is 11.3 Å². The number of ketones is 3. The molecule has 0 spiro atoms. The lowest BCUT2D eigenvalue weighted by molar-refractivity contribution is -0.137. The van der Waals surface area contributed by atoms with Crippen LogP contribution in [0.25, 0.3) is 0 Å². The fourth-order valence-corrected chi connectivity index (χ4v) is 2.57. The van der Waals surface area contributed by atoms with E-state index in [4.69, 9.17) is 0 Å². The van der Waals surface area contributed by atoms with Gasteiger partial charge in [0.2, 0.25) is 0 Å². The van der Waals surface area contributed by atoms with Crippen molar-refractivity contribution in [2.45, 2.75) is 33.6 Å². The average molecular weight is 258 g/mol. The van der Waals surface area contributed by atoms with Crippen LogP contribution in [0.15, 0.2) is 24.3 Å². The number of benzene rings is 1. The van der Waals surface area contributed by atoms with Crippen LogP contribution in [0.5, 0.6) is 0 Å². The lowest BCUT2D eigenvalue weighted by atomic mass is 9.70. The number of carbonyl (C=O) groups excluding carboxylic acids is 3. The molecule has 2 rings (SSSR count). The third-order valence-corrected chi connectivity index (χ3v) is 3.55. The van der Waals surface area contributed by atoms with Gasteiger partial charge in [0.15, 0.2) is 17.3 Å². The predicted molar refractivity (Wildman–Crippen MR) is 72.0 cm³/mol. The van der Waals surface area contributed by atoms with E-state index < -0.39 is 5.92 Å². The first-order chi connectivity index (χ1) is 8.80. The Kier molecular flexibility index (Phi) is 3.40. The van der Waals surface area contributed by atoms with Gasteiger partial charge in [0, 0.05) is 18.4 Å². The summed E-state index contributed by atoms with van der Waals surface area (Å²) in [4.78, 5) is 36.4. The maximum Gasteiger partial charge on any atom is 0.180 e. The van der Waals surface area contributed by atoms with Gasteiger partial charge in [-0.15, -0.1) is 0 Å². The van der Waals surface area contributed by atoms with Crippen molar-refractivity contribution >= 4 is 17.3 Å². The molecule has 0 atom stereocenters. The van der Waals surface area contributed by atoms with Crippen LogP contribution in [-0.2, 0) is 9.59 Å². The second-order valence-electron chi connectivity index (χ2n) is 6.11. The van der Waals surface area contributed by atoms with E-state index >= 15 is 0 Å². The summed E-state index contributed by atoms with van der Waals surface area (Å²) in [6, 6.07) is 6.99. The van der Waals surface area contributed by atoms with E-state index in [1.54, 1.807) is 12.1 Å². The van der Waals surface area contributed by atoms with E-state index in [1.165, 1.54) is 0 Å². The number of carbonyl (C=O) groups is 3. The van der Waals surface area contributed by atoms with Crippen LogP contribution in [-0.4, -0.2) is 17.3 Å². The van der Waals surface area contributed by atoms with Crippen molar-refractivity contribution in [1.82, 2.24) is 0 Å². The van der Waals surface area contributed by atoms with Crippen LogP contribution < -0.4 is 0 Å². The molecule has 0 radical (unpaired) electrons. The van der Waals surface area contributed by atoms with Gasteiger partial charge < -0.3 is 0 Å². The lowest BCUT2D eigenvalue weighted by Crippen LogP contribution is -2.41. The molecule has 0 bridgehead atoms. The van der Waals surface area contributed by atoms with Crippen molar-refractivity contribution in [3.63, 3.8) is 0 Å². The van der Waals surface area contributed by atoms with Crippen molar-refractivity contribution in [3.05, 3.63) is 35.4 Å². The third kappa shape index (κ3) is 2.80. The van der Waals surface area contributed by atoms with Crippen LogP contribution in [0.1, 0.15) is 42.6 Å². The predicted octanol–water partition coefficient (Wildman–Crippen LogP) is 2.75. The van der Waals surface area contributed by atoms with E-state index in [2.05, 4.69) is 0 Å². The van der Waals surface area contributed by atoms with Crippen molar-refractivity contribution in [3.8, 4) is 0 Å². The SMILES string of the molecule is Cc1ccc(C(=O)C2C(=O)CC(C)(C)CC2=O)cc1. The van der Waals surface area contributed by atoms with E-state index in [0.29, 0.717) is 18.4 Å². The Morgan fingerprint density at radius 2 is 1.53 bits per heavy atom. The molecule has 1 saturated carbocycles. The Hall–Kier alpha value is -1.77. The molecule has 1 fully saturated rings. The Labute approximate surface area is 113 Å². The average Bonchev–Trinajstić information content (AvgIpc) is 2.26. The lowest BCUT2D eigenvalue weighted by Gasteiger charge is -2.31. The molecular formula is C16H18O3. The molecule has 1 aliphatic rings. The van der Waals surface area contributed by atoms with Gasteiger partial charge in [-0.1, -0.05) is 43.7 Å². The quantitative estimate of drug-likeness (QED) is 0.605. The van der Waals surface area contributed by atoms with E-state index in [-0.39, 0.29) is 22.8 Å². The van der Waals surface area contributed by atoms with Crippen molar-refractivity contribution in [1.29, 1.82) is 0 Å². The van der Waals surface area contributed by atoms with Gasteiger partial charge in [0.25, 0.3) is 0 Å². The third-order valence-electron chi connectivity index (χ3n) is 3.55. The monoisotopic (exact) mass is 258 g/mol. The molecule has 0 aromatic heterocycles. The number of hydrogen-bond donors (Lipinski definition) is 0. The molecule has 100 valence electrons. The highest BCUT2D eigenvalue weighted by Crippen LogP contribution is 2.35. The Bertz CT molecular complexity index is 518. The fourth-order valence-electron chi connectivity index (χ4n) is 2.57. The molecule has 0 saturated heterocycles. The second kappa shape index (κ2) is 4.72. The number of hydrogen-bond acceptors (Lipinski definition) is 3. The molecule has 0 N–H and O–H groups in total.